The van der Waals surface area contributed by atoms with Crippen molar-refractivity contribution >= 4 is 21.6 Å². The van der Waals surface area contributed by atoms with Crippen molar-refractivity contribution in [1.29, 1.82) is 0 Å². The summed E-state index contributed by atoms with van der Waals surface area (Å²) < 4.78 is 5.83. The van der Waals surface area contributed by atoms with Crippen molar-refractivity contribution in [3.63, 3.8) is 0 Å². The predicted octanol–water partition coefficient (Wildman–Crippen LogP) is 3.89. The normalized spacial score (nSPS) is 10.8. The number of thiophene rings is 1. The fraction of sp³-hybridized carbons (Fsp3) is 0.200. The van der Waals surface area contributed by atoms with Crippen molar-refractivity contribution in [2.24, 2.45) is 0 Å². The number of benzene rings is 1. The third-order valence-corrected chi connectivity index (χ3v) is 3.70. The highest BCUT2D eigenvalue weighted by Crippen LogP contribution is 2.26. The van der Waals surface area contributed by atoms with E-state index in [-0.39, 0.29) is 0 Å². The predicted molar refractivity (Wildman–Crippen MR) is 77.7 cm³/mol. The van der Waals surface area contributed by atoms with Crippen LogP contribution >= 0.6 is 11.3 Å². The molecule has 0 bridgehead atoms. The van der Waals surface area contributed by atoms with Crippen molar-refractivity contribution < 1.29 is 4.74 Å². The molecule has 2 aromatic heterocycles. The van der Waals surface area contributed by atoms with Crippen LogP contribution in [0.2, 0.25) is 0 Å². The van der Waals surface area contributed by atoms with E-state index in [2.05, 4.69) is 42.0 Å². The molecule has 0 atom stereocenters. The Morgan fingerprint density at radius 3 is 2.68 bits per heavy atom. The summed E-state index contributed by atoms with van der Waals surface area (Å²) in [7, 11) is 0. The van der Waals surface area contributed by atoms with Gasteiger partial charge in [0.1, 0.15) is 17.8 Å². The molecule has 96 valence electrons. The molecule has 0 N–H and O–H groups in total. The van der Waals surface area contributed by atoms with Gasteiger partial charge in [0.25, 0.3) is 0 Å². The maximum Gasteiger partial charge on any atom is 0.225 e. The Labute approximate surface area is 115 Å². The van der Waals surface area contributed by atoms with E-state index < -0.39 is 0 Å². The second-order valence-corrected chi connectivity index (χ2v) is 5.50. The molecular formula is C15H14N2OS. The second kappa shape index (κ2) is 4.97. The zero-order valence-electron chi connectivity index (χ0n) is 10.9. The van der Waals surface area contributed by atoms with Crippen LogP contribution in [0.25, 0.3) is 10.2 Å². The number of hydrogen-bond donors (Lipinski definition) is 0. The van der Waals surface area contributed by atoms with Gasteiger partial charge in [0.05, 0.1) is 5.39 Å². The molecule has 4 heteroatoms. The lowest BCUT2D eigenvalue weighted by atomic mass is 10.1. The topological polar surface area (TPSA) is 35.0 Å². The monoisotopic (exact) mass is 270 g/mol. The SMILES string of the molecule is Cc1cc(C)cc(COc2ncnc3sccc23)c1. The highest BCUT2D eigenvalue weighted by atomic mass is 32.1. The molecule has 0 spiro atoms. The molecule has 0 radical (unpaired) electrons. The molecule has 0 saturated heterocycles. The number of aryl methyl sites for hydroxylation is 2. The maximum absolute atomic E-state index is 5.83. The minimum atomic E-state index is 0.532. The minimum absolute atomic E-state index is 0.532. The second-order valence-electron chi connectivity index (χ2n) is 4.60. The Kier molecular flexibility index (Phi) is 3.17. The molecule has 0 amide bonds. The van der Waals surface area contributed by atoms with Crippen LogP contribution in [0.1, 0.15) is 16.7 Å². The van der Waals surface area contributed by atoms with Gasteiger partial charge in [-0.2, -0.15) is 0 Å². The van der Waals surface area contributed by atoms with Crippen LogP contribution in [0.15, 0.2) is 36.0 Å². The van der Waals surface area contributed by atoms with E-state index in [9.17, 15) is 0 Å². The van der Waals surface area contributed by atoms with E-state index in [4.69, 9.17) is 4.74 Å². The first-order valence-electron chi connectivity index (χ1n) is 6.10. The smallest absolute Gasteiger partial charge is 0.225 e. The molecule has 3 aromatic rings. The lowest BCUT2D eigenvalue weighted by Crippen LogP contribution is -1.98. The van der Waals surface area contributed by atoms with Gasteiger partial charge in [-0.3, -0.25) is 0 Å². The summed E-state index contributed by atoms with van der Waals surface area (Å²) in [5.41, 5.74) is 3.67. The Hall–Kier alpha value is -1.94. The molecule has 0 unspecified atom stereocenters. The number of hydrogen-bond acceptors (Lipinski definition) is 4. The number of nitrogens with zero attached hydrogens (tertiary/aromatic N) is 2. The fourth-order valence-corrected chi connectivity index (χ4v) is 2.91. The van der Waals surface area contributed by atoms with Crippen LogP contribution < -0.4 is 4.74 Å². The Bertz CT molecular complexity index is 701. The molecule has 19 heavy (non-hydrogen) atoms. The van der Waals surface area contributed by atoms with Crippen molar-refractivity contribution in [3.05, 3.63) is 52.7 Å². The van der Waals surface area contributed by atoms with Gasteiger partial charge in [0, 0.05) is 0 Å². The Balaban J connectivity index is 1.84. The van der Waals surface area contributed by atoms with Gasteiger partial charge >= 0.3 is 0 Å². The first-order chi connectivity index (χ1) is 9.22. The number of rotatable bonds is 3. The number of ether oxygens (including phenoxy) is 1. The summed E-state index contributed by atoms with van der Waals surface area (Å²) in [5.74, 6) is 0.658. The standard InChI is InChI=1S/C15H14N2OS/c1-10-5-11(2)7-12(6-10)8-18-14-13-3-4-19-15(13)17-9-16-14/h3-7,9H,8H2,1-2H3. The van der Waals surface area contributed by atoms with Gasteiger partial charge in [-0.1, -0.05) is 29.3 Å². The van der Waals surface area contributed by atoms with Crippen molar-refractivity contribution in [1.82, 2.24) is 9.97 Å². The zero-order chi connectivity index (χ0) is 13.2. The van der Waals surface area contributed by atoms with E-state index in [0.29, 0.717) is 12.5 Å². The molecule has 0 aliphatic heterocycles. The summed E-state index contributed by atoms with van der Waals surface area (Å²) >= 11 is 1.60. The molecule has 0 saturated carbocycles. The lowest BCUT2D eigenvalue weighted by Gasteiger charge is -2.07. The van der Waals surface area contributed by atoms with Crippen molar-refractivity contribution in [3.8, 4) is 5.88 Å². The van der Waals surface area contributed by atoms with Crippen molar-refractivity contribution in [2.45, 2.75) is 20.5 Å². The van der Waals surface area contributed by atoms with Crippen LogP contribution in [-0.4, -0.2) is 9.97 Å². The third-order valence-electron chi connectivity index (χ3n) is 2.88. The molecule has 0 aliphatic rings. The highest BCUT2D eigenvalue weighted by Gasteiger charge is 2.06. The quantitative estimate of drug-likeness (QED) is 0.724. The van der Waals surface area contributed by atoms with Crippen molar-refractivity contribution in [2.75, 3.05) is 0 Å². The third kappa shape index (κ3) is 2.58. The van der Waals surface area contributed by atoms with Gasteiger partial charge in [-0.05, 0) is 30.9 Å². The Morgan fingerprint density at radius 1 is 1.11 bits per heavy atom. The molecule has 3 rings (SSSR count). The van der Waals surface area contributed by atoms with E-state index in [0.717, 1.165) is 10.2 Å². The van der Waals surface area contributed by atoms with E-state index in [1.54, 1.807) is 17.7 Å². The molecule has 2 heterocycles. The molecule has 0 fully saturated rings. The molecule has 3 nitrogen and oxygen atoms in total. The fourth-order valence-electron chi connectivity index (χ4n) is 2.19. The van der Waals surface area contributed by atoms with E-state index in [1.807, 2.05) is 11.4 Å². The van der Waals surface area contributed by atoms with Gasteiger partial charge in [-0.15, -0.1) is 11.3 Å². The number of fused-ring (bicyclic) bond motifs is 1. The van der Waals surface area contributed by atoms with Crippen LogP contribution in [0.5, 0.6) is 5.88 Å². The van der Waals surface area contributed by atoms with Gasteiger partial charge < -0.3 is 4.74 Å². The summed E-state index contributed by atoms with van der Waals surface area (Å²) in [6, 6.07) is 8.43. The highest BCUT2D eigenvalue weighted by molar-refractivity contribution is 7.16. The zero-order valence-corrected chi connectivity index (χ0v) is 11.7. The average molecular weight is 270 g/mol. The van der Waals surface area contributed by atoms with Crippen LogP contribution in [0.3, 0.4) is 0 Å². The molecular weight excluding hydrogens is 256 g/mol. The van der Waals surface area contributed by atoms with Crippen LogP contribution in [-0.2, 0) is 6.61 Å². The largest absolute Gasteiger partial charge is 0.472 e. The van der Waals surface area contributed by atoms with Crippen LogP contribution in [0, 0.1) is 13.8 Å². The number of aromatic nitrogens is 2. The maximum atomic E-state index is 5.83. The molecule has 1 aromatic carbocycles. The van der Waals surface area contributed by atoms with E-state index >= 15 is 0 Å². The minimum Gasteiger partial charge on any atom is -0.472 e. The summed E-state index contributed by atoms with van der Waals surface area (Å²) in [5, 5.41) is 2.99. The van der Waals surface area contributed by atoms with Gasteiger partial charge in [-0.25, -0.2) is 9.97 Å². The van der Waals surface area contributed by atoms with E-state index in [1.165, 1.54) is 16.7 Å². The first kappa shape index (κ1) is 12.1. The van der Waals surface area contributed by atoms with Gasteiger partial charge in [0.15, 0.2) is 0 Å². The lowest BCUT2D eigenvalue weighted by molar-refractivity contribution is 0.297. The summed E-state index contributed by atoms with van der Waals surface area (Å²) in [6.45, 7) is 4.72. The van der Waals surface area contributed by atoms with Crippen LogP contribution in [0.4, 0.5) is 0 Å². The summed E-state index contributed by atoms with van der Waals surface area (Å²) in [4.78, 5) is 9.39. The average Bonchev–Trinajstić information content (AvgIpc) is 2.83. The summed E-state index contributed by atoms with van der Waals surface area (Å²) in [6.07, 6.45) is 1.55. The molecule has 0 aliphatic carbocycles. The Morgan fingerprint density at radius 2 is 1.89 bits per heavy atom. The van der Waals surface area contributed by atoms with Gasteiger partial charge in [0.2, 0.25) is 5.88 Å². The first-order valence-corrected chi connectivity index (χ1v) is 6.98.